The largest absolute Gasteiger partial charge is 0.325 e. The first-order chi connectivity index (χ1) is 11.6. The molecule has 0 saturated heterocycles. The Morgan fingerprint density at radius 2 is 1.96 bits per heavy atom. The molecule has 5 nitrogen and oxygen atoms in total. The molecule has 1 heterocycles. The van der Waals surface area contributed by atoms with Crippen LogP contribution in [0.4, 0.5) is 0 Å². The van der Waals surface area contributed by atoms with Crippen LogP contribution in [0.25, 0.3) is 0 Å². The number of thioether (sulfide) groups is 1. The molecule has 0 bridgehead atoms. The zero-order chi connectivity index (χ0) is 17.1. The topological polar surface area (TPSA) is 66.5 Å². The van der Waals surface area contributed by atoms with E-state index in [1.54, 1.807) is 12.1 Å². The molecule has 2 aliphatic rings. The van der Waals surface area contributed by atoms with Crippen LogP contribution >= 0.6 is 11.8 Å². The Bertz CT molecular complexity index is 794. The van der Waals surface area contributed by atoms with Gasteiger partial charge >= 0.3 is 0 Å². The van der Waals surface area contributed by atoms with Gasteiger partial charge < -0.3 is 5.32 Å². The van der Waals surface area contributed by atoms with Gasteiger partial charge in [0, 0.05) is 29.3 Å². The number of likely N-dealkylation sites (N-methyl/N-ethyl adjacent to an activating group) is 1. The number of rotatable bonds is 4. The number of imide groups is 1. The Morgan fingerprint density at radius 3 is 2.62 bits per heavy atom. The smallest absolute Gasteiger partial charge is 0.267 e. The summed E-state index contributed by atoms with van der Waals surface area (Å²) in [6.45, 7) is 0. The van der Waals surface area contributed by atoms with Crippen molar-refractivity contribution in [3.8, 4) is 0 Å². The maximum atomic E-state index is 12.3. The van der Waals surface area contributed by atoms with E-state index in [-0.39, 0.29) is 17.7 Å². The molecule has 1 N–H and O–H groups in total. The highest BCUT2D eigenvalue weighted by Gasteiger charge is 2.29. The summed E-state index contributed by atoms with van der Waals surface area (Å²) in [4.78, 5) is 38.2. The van der Waals surface area contributed by atoms with Gasteiger partial charge in [-0.1, -0.05) is 42.1 Å². The number of allylic oxidation sites excluding steroid dienone is 3. The Balaban J connectivity index is 1.80. The Hall–Kier alpha value is -2.60. The van der Waals surface area contributed by atoms with Gasteiger partial charge in [-0.25, -0.2) is 0 Å². The first-order valence-electron chi connectivity index (χ1n) is 7.54. The number of carbonyl (C=O) groups excluding carboxylic acids is 3. The third-order valence-corrected chi connectivity index (χ3v) is 4.86. The van der Waals surface area contributed by atoms with Gasteiger partial charge in [-0.15, -0.1) is 0 Å². The van der Waals surface area contributed by atoms with E-state index >= 15 is 0 Å². The van der Waals surface area contributed by atoms with Crippen LogP contribution < -0.4 is 5.32 Å². The number of hydrogen-bond donors (Lipinski definition) is 1. The maximum absolute atomic E-state index is 12.3. The molecule has 24 heavy (non-hydrogen) atoms. The molecule has 6 heteroatoms. The summed E-state index contributed by atoms with van der Waals surface area (Å²) in [7, 11) is 1.46. The van der Waals surface area contributed by atoms with E-state index in [9.17, 15) is 14.4 Å². The average Bonchev–Trinajstić information content (AvgIpc) is 2.84. The van der Waals surface area contributed by atoms with Gasteiger partial charge in [0.1, 0.15) is 0 Å². The summed E-state index contributed by atoms with van der Waals surface area (Å²) in [5.41, 5.74) is 1.35. The predicted octanol–water partition coefficient (Wildman–Crippen LogP) is 2.59. The van der Waals surface area contributed by atoms with Gasteiger partial charge in [0.25, 0.3) is 17.7 Å². The van der Waals surface area contributed by atoms with Gasteiger partial charge in [-0.3, -0.25) is 19.3 Å². The van der Waals surface area contributed by atoms with E-state index in [0.717, 1.165) is 21.9 Å². The third kappa shape index (κ3) is 3.33. The minimum absolute atomic E-state index is 0.182. The monoisotopic (exact) mass is 340 g/mol. The lowest BCUT2D eigenvalue weighted by Gasteiger charge is -2.17. The summed E-state index contributed by atoms with van der Waals surface area (Å²) < 4.78 is 0. The second-order valence-corrected chi connectivity index (χ2v) is 6.50. The molecule has 0 fully saturated rings. The molecule has 1 aromatic carbocycles. The molecule has 0 aromatic heterocycles. The van der Waals surface area contributed by atoms with Crippen molar-refractivity contribution >= 4 is 29.5 Å². The molecular formula is C18H16N2O3S. The number of nitrogens with zero attached hydrogens (tertiary/aromatic N) is 1. The lowest BCUT2D eigenvalue weighted by atomic mass is 10.1. The first kappa shape index (κ1) is 16.3. The fraction of sp³-hybridized carbons (Fsp3) is 0.167. The molecule has 1 aliphatic heterocycles. The van der Waals surface area contributed by atoms with E-state index in [1.807, 2.05) is 30.4 Å². The maximum Gasteiger partial charge on any atom is 0.267 e. The third-order valence-electron chi connectivity index (χ3n) is 3.75. The lowest BCUT2D eigenvalue weighted by molar-refractivity contribution is -0.135. The average molecular weight is 340 g/mol. The zero-order valence-corrected chi connectivity index (χ0v) is 13.9. The van der Waals surface area contributed by atoms with E-state index in [1.165, 1.54) is 24.9 Å². The molecule has 0 saturated carbocycles. The van der Waals surface area contributed by atoms with Crippen LogP contribution in [0.1, 0.15) is 23.2 Å². The van der Waals surface area contributed by atoms with Crippen LogP contribution in [0.2, 0.25) is 0 Å². The number of carbonyl (C=O) groups is 3. The standard InChI is InChI=1S/C18H16N2O3S/c1-20-16(21)11-15(18(20)23)24-14-10-6-5-9-13(14)19-17(22)12-7-3-2-4-8-12/h2-4,6-8,10-11H,5,9H2,1H3,(H,19,22). The van der Waals surface area contributed by atoms with Gasteiger partial charge in [0.15, 0.2) is 0 Å². The van der Waals surface area contributed by atoms with Gasteiger partial charge in [0.2, 0.25) is 0 Å². The summed E-state index contributed by atoms with van der Waals surface area (Å²) in [6.07, 6.45) is 6.71. The number of hydrogen-bond acceptors (Lipinski definition) is 4. The summed E-state index contributed by atoms with van der Waals surface area (Å²) >= 11 is 1.22. The molecule has 0 unspecified atom stereocenters. The van der Waals surface area contributed by atoms with Crippen LogP contribution in [0.5, 0.6) is 0 Å². The highest BCUT2D eigenvalue weighted by Crippen LogP contribution is 2.35. The van der Waals surface area contributed by atoms with Crippen LogP contribution in [-0.2, 0) is 9.59 Å². The van der Waals surface area contributed by atoms with Crippen molar-refractivity contribution in [2.45, 2.75) is 12.8 Å². The van der Waals surface area contributed by atoms with E-state index in [2.05, 4.69) is 5.32 Å². The normalized spacial score (nSPS) is 17.4. The molecule has 1 aliphatic carbocycles. The molecular weight excluding hydrogens is 324 g/mol. The van der Waals surface area contributed by atoms with Crippen molar-refractivity contribution in [3.05, 3.63) is 69.6 Å². The fourth-order valence-electron chi connectivity index (χ4n) is 2.39. The van der Waals surface area contributed by atoms with Crippen molar-refractivity contribution in [1.82, 2.24) is 10.2 Å². The Morgan fingerprint density at radius 1 is 1.21 bits per heavy atom. The minimum atomic E-state index is -0.322. The van der Waals surface area contributed by atoms with Gasteiger partial charge in [-0.2, -0.15) is 0 Å². The molecule has 0 radical (unpaired) electrons. The summed E-state index contributed by atoms with van der Waals surface area (Å²) in [6, 6.07) is 8.97. The van der Waals surface area contributed by atoms with Crippen molar-refractivity contribution in [2.75, 3.05) is 7.05 Å². The number of nitrogens with one attached hydrogen (secondary N) is 1. The minimum Gasteiger partial charge on any atom is -0.325 e. The highest BCUT2D eigenvalue weighted by atomic mass is 32.2. The zero-order valence-electron chi connectivity index (χ0n) is 13.1. The second-order valence-electron chi connectivity index (χ2n) is 5.42. The van der Waals surface area contributed by atoms with Crippen molar-refractivity contribution < 1.29 is 14.4 Å². The molecule has 3 rings (SSSR count). The summed E-state index contributed by atoms with van der Waals surface area (Å²) in [5.74, 6) is -0.818. The van der Waals surface area contributed by atoms with Crippen molar-refractivity contribution in [2.24, 2.45) is 0 Å². The highest BCUT2D eigenvalue weighted by molar-refractivity contribution is 8.07. The Kier molecular flexibility index (Phi) is 4.66. The first-order valence-corrected chi connectivity index (χ1v) is 8.35. The number of amides is 3. The van der Waals surface area contributed by atoms with Crippen LogP contribution in [0.15, 0.2) is 64.1 Å². The van der Waals surface area contributed by atoms with Crippen LogP contribution in [-0.4, -0.2) is 29.7 Å². The molecule has 0 atom stereocenters. The van der Waals surface area contributed by atoms with E-state index in [0.29, 0.717) is 16.9 Å². The molecule has 0 spiro atoms. The second kappa shape index (κ2) is 6.88. The van der Waals surface area contributed by atoms with Crippen molar-refractivity contribution in [3.63, 3.8) is 0 Å². The number of benzene rings is 1. The SMILES string of the molecule is CN1C(=O)C=C(SC2=C(NC(=O)c3ccccc3)CCC=C2)C1=O. The molecule has 3 amide bonds. The van der Waals surface area contributed by atoms with Gasteiger partial charge in [-0.05, 0) is 25.0 Å². The molecule has 1 aromatic rings. The van der Waals surface area contributed by atoms with Crippen molar-refractivity contribution in [1.29, 1.82) is 0 Å². The lowest BCUT2D eigenvalue weighted by Crippen LogP contribution is -2.26. The predicted molar refractivity (Wildman–Crippen MR) is 92.8 cm³/mol. The molecule has 122 valence electrons. The summed E-state index contributed by atoms with van der Waals surface area (Å²) in [5, 5.41) is 2.93. The fourth-order valence-corrected chi connectivity index (χ4v) is 3.45. The van der Waals surface area contributed by atoms with E-state index in [4.69, 9.17) is 0 Å². The Labute approximate surface area is 144 Å². The van der Waals surface area contributed by atoms with Crippen LogP contribution in [0.3, 0.4) is 0 Å². The van der Waals surface area contributed by atoms with Crippen LogP contribution in [0, 0.1) is 0 Å². The van der Waals surface area contributed by atoms with Gasteiger partial charge in [0.05, 0.1) is 4.91 Å². The quantitative estimate of drug-likeness (QED) is 0.856. The van der Waals surface area contributed by atoms with E-state index < -0.39 is 0 Å².